The molecule has 0 aliphatic heterocycles. The molecule has 1 heteroatoms. The number of hydrogen-bond acceptors (Lipinski definition) is 1. The van der Waals surface area contributed by atoms with Gasteiger partial charge < -0.3 is 0 Å². The van der Waals surface area contributed by atoms with Gasteiger partial charge in [-0.15, -0.1) is 0 Å². The summed E-state index contributed by atoms with van der Waals surface area (Å²) in [4.78, 5) is 4.95. The molecule has 0 saturated heterocycles. The molecular formula is C21H27N. The third-order valence-corrected chi connectivity index (χ3v) is 5.71. The fraction of sp³-hybridized carbons (Fsp3) is 0.476. The molecule has 0 fully saturated rings. The van der Waals surface area contributed by atoms with Gasteiger partial charge in [0.1, 0.15) is 0 Å². The molecule has 0 N–H and O–H groups in total. The lowest BCUT2D eigenvalue weighted by atomic mass is 9.71. The van der Waals surface area contributed by atoms with E-state index in [1.807, 2.05) is 0 Å². The molecule has 0 unspecified atom stereocenters. The van der Waals surface area contributed by atoms with Gasteiger partial charge in [0.25, 0.3) is 0 Å². The average Bonchev–Trinajstić information content (AvgIpc) is 2.85. The van der Waals surface area contributed by atoms with E-state index in [1.165, 1.54) is 35.0 Å². The molecule has 0 spiro atoms. The van der Waals surface area contributed by atoms with Gasteiger partial charge in [-0.05, 0) is 55.4 Å². The zero-order valence-corrected chi connectivity index (χ0v) is 14.6. The van der Waals surface area contributed by atoms with Gasteiger partial charge in [-0.2, -0.15) is 0 Å². The van der Waals surface area contributed by atoms with Crippen LogP contribution in [0.4, 0.5) is 0 Å². The van der Waals surface area contributed by atoms with Crippen molar-refractivity contribution in [2.24, 2.45) is 0 Å². The number of nitrogens with zero attached hydrogens (tertiary/aromatic N) is 1. The van der Waals surface area contributed by atoms with Crippen molar-refractivity contribution in [2.75, 3.05) is 0 Å². The van der Waals surface area contributed by atoms with E-state index >= 15 is 0 Å². The highest BCUT2D eigenvalue weighted by Gasteiger charge is 2.43. The number of para-hydroxylation sites is 1. The minimum atomic E-state index is 0.205. The molecule has 1 heterocycles. The molecular weight excluding hydrogens is 266 g/mol. The zero-order chi connectivity index (χ0) is 15.9. The SMILES string of the molecule is CCC1=C(CC)C(CC)(CC)c2c(C)nc3ccccc3c21. The van der Waals surface area contributed by atoms with Crippen molar-refractivity contribution in [1.82, 2.24) is 4.98 Å². The van der Waals surface area contributed by atoms with Crippen LogP contribution in [-0.4, -0.2) is 4.98 Å². The number of aryl methyl sites for hydroxylation is 1. The van der Waals surface area contributed by atoms with E-state index < -0.39 is 0 Å². The normalized spacial score (nSPS) is 16.4. The third kappa shape index (κ3) is 1.81. The van der Waals surface area contributed by atoms with Crippen molar-refractivity contribution < 1.29 is 0 Å². The molecule has 3 rings (SSSR count). The quantitative estimate of drug-likeness (QED) is 0.655. The molecule has 0 atom stereocenters. The summed E-state index contributed by atoms with van der Waals surface area (Å²) in [5.74, 6) is 0. The first kappa shape index (κ1) is 15.3. The van der Waals surface area contributed by atoms with Crippen LogP contribution in [0.2, 0.25) is 0 Å². The van der Waals surface area contributed by atoms with Crippen LogP contribution in [0.15, 0.2) is 29.8 Å². The van der Waals surface area contributed by atoms with Crippen LogP contribution >= 0.6 is 0 Å². The second-order valence-electron chi connectivity index (χ2n) is 6.42. The largest absolute Gasteiger partial charge is 0.253 e. The van der Waals surface area contributed by atoms with E-state index in [0.29, 0.717) is 0 Å². The van der Waals surface area contributed by atoms with Crippen LogP contribution in [0.5, 0.6) is 0 Å². The highest BCUT2D eigenvalue weighted by atomic mass is 14.7. The van der Waals surface area contributed by atoms with Crippen molar-refractivity contribution in [3.05, 3.63) is 46.7 Å². The highest BCUT2D eigenvalue weighted by Crippen LogP contribution is 2.55. The number of hydrogen-bond donors (Lipinski definition) is 0. The van der Waals surface area contributed by atoms with Crippen LogP contribution in [-0.2, 0) is 5.41 Å². The Hall–Kier alpha value is -1.63. The number of allylic oxidation sites excluding steroid dienone is 2. The molecule has 0 amide bonds. The van der Waals surface area contributed by atoms with Gasteiger partial charge in [0, 0.05) is 16.5 Å². The summed E-state index contributed by atoms with van der Waals surface area (Å²) >= 11 is 0. The van der Waals surface area contributed by atoms with Gasteiger partial charge >= 0.3 is 0 Å². The van der Waals surface area contributed by atoms with Crippen LogP contribution in [0.25, 0.3) is 16.5 Å². The van der Waals surface area contributed by atoms with Gasteiger partial charge in [-0.1, -0.05) is 51.5 Å². The van der Waals surface area contributed by atoms with Crippen molar-refractivity contribution in [3.8, 4) is 0 Å². The summed E-state index contributed by atoms with van der Waals surface area (Å²) in [6, 6.07) is 8.65. The van der Waals surface area contributed by atoms with Crippen molar-refractivity contribution in [2.45, 2.75) is 65.7 Å². The van der Waals surface area contributed by atoms with Gasteiger partial charge in [0.05, 0.1) is 5.52 Å². The van der Waals surface area contributed by atoms with Crippen molar-refractivity contribution in [3.63, 3.8) is 0 Å². The Labute approximate surface area is 134 Å². The second-order valence-corrected chi connectivity index (χ2v) is 6.42. The summed E-state index contributed by atoms with van der Waals surface area (Å²) in [7, 11) is 0. The van der Waals surface area contributed by atoms with Gasteiger partial charge in [0.2, 0.25) is 0 Å². The summed E-state index contributed by atoms with van der Waals surface area (Å²) < 4.78 is 0. The maximum atomic E-state index is 4.95. The lowest BCUT2D eigenvalue weighted by Gasteiger charge is -2.33. The van der Waals surface area contributed by atoms with Gasteiger partial charge in [-0.3, -0.25) is 4.98 Å². The molecule has 1 aromatic carbocycles. The van der Waals surface area contributed by atoms with Gasteiger partial charge in [-0.25, -0.2) is 0 Å². The minimum absolute atomic E-state index is 0.205. The smallest absolute Gasteiger partial charge is 0.0711 e. The lowest BCUT2D eigenvalue weighted by Crippen LogP contribution is -2.26. The average molecular weight is 293 g/mol. The fourth-order valence-electron chi connectivity index (χ4n) is 4.80. The summed E-state index contributed by atoms with van der Waals surface area (Å²) in [6.07, 6.45) is 4.60. The van der Waals surface area contributed by atoms with E-state index in [9.17, 15) is 0 Å². The number of rotatable bonds is 4. The maximum absolute atomic E-state index is 4.95. The Morgan fingerprint density at radius 2 is 1.64 bits per heavy atom. The first-order valence-corrected chi connectivity index (χ1v) is 8.77. The van der Waals surface area contributed by atoms with Crippen LogP contribution in [0.3, 0.4) is 0 Å². The van der Waals surface area contributed by atoms with E-state index in [2.05, 4.69) is 58.9 Å². The van der Waals surface area contributed by atoms with Crippen LogP contribution in [0.1, 0.15) is 70.2 Å². The molecule has 0 radical (unpaired) electrons. The summed E-state index contributed by atoms with van der Waals surface area (Å²) in [6.45, 7) is 11.5. The molecule has 2 aromatic rings. The summed E-state index contributed by atoms with van der Waals surface area (Å²) in [5.41, 5.74) is 8.85. The number of benzene rings is 1. The van der Waals surface area contributed by atoms with Crippen molar-refractivity contribution >= 4 is 16.5 Å². The monoisotopic (exact) mass is 293 g/mol. The fourth-order valence-corrected chi connectivity index (χ4v) is 4.80. The van der Waals surface area contributed by atoms with E-state index in [4.69, 9.17) is 4.98 Å². The summed E-state index contributed by atoms with van der Waals surface area (Å²) in [5, 5.41) is 1.34. The minimum Gasteiger partial charge on any atom is -0.253 e. The Kier molecular flexibility index (Phi) is 3.84. The molecule has 0 saturated carbocycles. The highest BCUT2D eigenvalue weighted by molar-refractivity contribution is 5.98. The molecule has 1 aliphatic rings. The third-order valence-electron chi connectivity index (χ3n) is 5.71. The Bertz CT molecular complexity index is 748. The lowest BCUT2D eigenvalue weighted by molar-refractivity contribution is 0.462. The Morgan fingerprint density at radius 3 is 2.23 bits per heavy atom. The number of aromatic nitrogens is 1. The first-order chi connectivity index (χ1) is 10.6. The van der Waals surface area contributed by atoms with Crippen LogP contribution < -0.4 is 0 Å². The van der Waals surface area contributed by atoms with E-state index in [0.717, 1.165) is 18.4 Å². The predicted octanol–water partition coefficient (Wildman–Crippen LogP) is 6.19. The molecule has 1 aromatic heterocycles. The van der Waals surface area contributed by atoms with E-state index in [1.54, 1.807) is 11.1 Å². The van der Waals surface area contributed by atoms with E-state index in [-0.39, 0.29) is 5.41 Å². The molecule has 22 heavy (non-hydrogen) atoms. The molecule has 1 nitrogen and oxygen atoms in total. The van der Waals surface area contributed by atoms with Crippen LogP contribution in [0, 0.1) is 6.92 Å². The number of fused-ring (bicyclic) bond motifs is 3. The predicted molar refractivity (Wildman–Crippen MR) is 96.2 cm³/mol. The maximum Gasteiger partial charge on any atom is 0.0711 e. The van der Waals surface area contributed by atoms with Crippen molar-refractivity contribution in [1.29, 1.82) is 0 Å². The standard InChI is InChI=1S/C21H27N/c1-6-15-17(7-2)21(8-3,9-4)20-14(5)22-18-13-11-10-12-16(18)19(15)20/h10-13H,6-9H2,1-5H3. The Balaban J connectivity index is 2.50. The topological polar surface area (TPSA) is 12.9 Å². The number of pyridine rings is 1. The Morgan fingerprint density at radius 1 is 0.955 bits per heavy atom. The molecule has 1 aliphatic carbocycles. The molecule has 116 valence electrons. The second kappa shape index (κ2) is 5.53. The first-order valence-electron chi connectivity index (χ1n) is 8.77. The zero-order valence-electron chi connectivity index (χ0n) is 14.6. The van der Waals surface area contributed by atoms with Gasteiger partial charge in [0.15, 0.2) is 0 Å². The molecule has 0 bridgehead atoms.